The van der Waals surface area contributed by atoms with E-state index in [0.29, 0.717) is 36.4 Å². The van der Waals surface area contributed by atoms with Crippen LogP contribution in [0.25, 0.3) is 0 Å². The molecule has 2 aromatic rings. The van der Waals surface area contributed by atoms with Crippen LogP contribution >= 0.6 is 0 Å². The topological polar surface area (TPSA) is 87.1 Å². The van der Waals surface area contributed by atoms with Gasteiger partial charge in [-0.05, 0) is 36.2 Å². The van der Waals surface area contributed by atoms with Gasteiger partial charge in [-0.2, -0.15) is 0 Å². The van der Waals surface area contributed by atoms with Crippen LogP contribution in [-0.2, 0) is 9.53 Å². The number of carbonyl (C=O) groups excluding carboxylic acids is 1. The number of halogens is 1. The molecule has 0 radical (unpaired) electrons. The van der Waals surface area contributed by atoms with Crippen molar-refractivity contribution in [2.24, 2.45) is 11.8 Å². The Morgan fingerprint density at radius 3 is 2.53 bits per heavy atom. The van der Waals surface area contributed by atoms with E-state index < -0.39 is 29.5 Å². The van der Waals surface area contributed by atoms with Crippen LogP contribution in [0.4, 0.5) is 4.39 Å². The number of ether oxygens (including phenoxy) is 1. The summed E-state index contributed by atoms with van der Waals surface area (Å²) in [5, 5.41) is 19.8. The Hall–Kier alpha value is -2.77. The maximum absolute atomic E-state index is 14.3. The number of rotatable bonds is 7. The van der Waals surface area contributed by atoms with Gasteiger partial charge in [-0.15, -0.1) is 0 Å². The van der Waals surface area contributed by atoms with E-state index in [9.17, 15) is 24.2 Å². The number of hydrogen-bond donors (Lipinski definition) is 2. The predicted octanol–water partition coefficient (Wildman–Crippen LogP) is 3.09. The van der Waals surface area contributed by atoms with Crippen LogP contribution in [0, 0.1) is 24.6 Å². The number of piperidine rings is 1. The van der Waals surface area contributed by atoms with Gasteiger partial charge in [-0.25, -0.2) is 4.39 Å². The van der Waals surface area contributed by atoms with Gasteiger partial charge in [0.2, 0.25) is 0 Å². The summed E-state index contributed by atoms with van der Waals surface area (Å²) in [6.07, 6.45) is 0. The highest BCUT2D eigenvalue weighted by Crippen LogP contribution is 2.41. The molecule has 3 rings (SSSR count). The Balaban J connectivity index is 2.08. The fourth-order valence-corrected chi connectivity index (χ4v) is 4.31. The molecule has 30 heavy (non-hydrogen) atoms. The minimum Gasteiger partial charge on any atom is -0.508 e. The van der Waals surface area contributed by atoms with Crippen molar-refractivity contribution in [1.29, 1.82) is 0 Å². The average molecular weight is 415 g/mol. The number of likely N-dealkylation sites (tertiary alicyclic amines) is 1. The summed E-state index contributed by atoms with van der Waals surface area (Å²) in [5.41, 5.74) is 1.19. The smallest absolute Gasteiger partial charge is 0.308 e. The van der Waals surface area contributed by atoms with Crippen molar-refractivity contribution in [1.82, 2.24) is 4.90 Å². The Kier molecular flexibility index (Phi) is 6.84. The molecule has 0 aliphatic carbocycles. The molecule has 1 heterocycles. The van der Waals surface area contributed by atoms with Gasteiger partial charge in [0.05, 0.1) is 12.5 Å². The zero-order valence-corrected chi connectivity index (χ0v) is 17.0. The SMILES string of the molecule is COCCN1C[C@H](C(=O)O)[C@@H](c2cccc(F)c2C)[C@@H](C(=O)c2cccc(O)c2)C1. The van der Waals surface area contributed by atoms with Gasteiger partial charge in [0.1, 0.15) is 11.6 Å². The maximum Gasteiger partial charge on any atom is 0.308 e. The van der Waals surface area contributed by atoms with E-state index in [-0.39, 0.29) is 18.1 Å². The van der Waals surface area contributed by atoms with Crippen molar-refractivity contribution in [2.45, 2.75) is 12.8 Å². The van der Waals surface area contributed by atoms with Crippen LogP contribution in [0.5, 0.6) is 5.75 Å². The molecule has 0 aromatic heterocycles. The van der Waals surface area contributed by atoms with E-state index in [1.54, 1.807) is 38.3 Å². The first-order valence-electron chi connectivity index (χ1n) is 9.85. The van der Waals surface area contributed by atoms with E-state index in [1.165, 1.54) is 18.2 Å². The number of nitrogens with zero attached hydrogens (tertiary/aromatic N) is 1. The number of carboxylic acids is 1. The number of aromatic hydroxyl groups is 1. The summed E-state index contributed by atoms with van der Waals surface area (Å²) in [6.45, 7) is 3.06. The second-order valence-corrected chi connectivity index (χ2v) is 7.70. The fourth-order valence-electron chi connectivity index (χ4n) is 4.31. The summed E-state index contributed by atoms with van der Waals surface area (Å²) in [7, 11) is 1.56. The maximum atomic E-state index is 14.3. The third-order valence-electron chi connectivity index (χ3n) is 5.84. The number of carboxylic acid groups (broad SMARTS) is 1. The molecule has 2 aromatic carbocycles. The van der Waals surface area contributed by atoms with Crippen LogP contribution in [0.3, 0.4) is 0 Å². The first-order valence-corrected chi connectivity index (χ1v) is 9.85. The number of phenolic OH excluding ortho intramolecular Hbond substituents is 1. The number of phenols is 1. The lowest BCUT2D eigenvalue weighted by Gasteiger charge is -2.42. The summed E-state index contributed by atoms with van der Waals surface area (Å²) >= 11 is 0. The van der Waals surface area contributed by atoms with Gasteiger partial charge in [-0.1, -0.05) is 24.3 Å². The molecule has 7 heteroatoms. The molecule has 160 valence electrons. The summed E-state index contributed by atoms with van der Waals surface area (Å²) < 4.78 is 19.4. The minimum absolute atomic E-state index is 0.0406. The lowest BCUT2D eigenvalue weighted by molar-refractivity contribution is -0.145. The van der Waals surface area contributed by atoms with Crippen LogP contribution in [0.15, 0.2) is 42.5 Å². The largest absolute Gasteiger partial charge is 0.508 e. The normalized spacial score (nSPS) is 22.0. The second-order valence-electron chi connectivity index (χ2n) is 7.70. The molecule has 0 bridgehead atoms. The van der Waals surface area contributed by atoms with Gasteiger partial charge in [-0.3, -0.25) is 14.5 Å². The summed E-state index contributed by atoms with van der Waals surface area (Å²) in [4.78, 5) is 27.6. The lowest BCUT2D eigenvalue weighted by atomic mass is 9.70. The number of methoxy groups -OCH3 is 1. The van der Waals surface area contributed by atoms with Crippen LogP contribution < -0.4 is 0 Å². The quantitative estimate of drug-likeness (QED) is 0.676. The Labute approximate surface area is 174 Å². The molecule has 6 nitrogen and oxygen atoms in total. The van der Waals surface area contributed by atoms with E-state index in [2.05, 4.69) is 0 Å². The number of ketones is 1. The molecule has 0 saturated carbocycles. The minimum atomic E-state index is -1.03. The molecular formula is C23H26FNO5. The second kappa shape index (κ2) is 9.36. The van der Waals surface area contributed by atoms with Gasteiger partial charge < -0.3 is 14.9 Å². The third-order valence-corrected chi connectivity index (χ3v) is 5.84. The highest BCUT2D eigenvalue weighted by molar-refractivity contribution is 5.99. The van der Waals surface area contributed by atoms with Crippen molar-refractivity contribution in [3.05, 3.63) is 65.0 Å². The fraction of sp³-hybridized carbons (Fsp3) is 0.391. The van der Waals surface area contributed by atoms with E-state index >= 15 is 0 Å². The number of carbonyl (C=O) groups is 2. The van der Waals surface area contributed by atoms with Crippen LogP contribution in [0.2, 0.25) is 0 Å². The highest BCUT2D eigenvalue weighted by atomic mass is 19.1. The average Bonchev–Trinajstić information content (AvgIpc) is 2.73. The van der Waals surface area contributed by atoms with Gasteiger partial charge in [0.15, 0.2) is 5.78 Å². The monoisotopic (exact) mass is 415 g/mol. The zero-order chi connectivity index (χ0) is 21.8. The molecule has 0 amide bonds. The van der Waals surface area contributed by atoms with E-state index in [1.807, 2.05) is 4.90 Å². The molecular weight excluding hydrogens is 389 g/mol. The number of Topliss-reactive ketones (excluding diaryl/α,β-unsaturated/α-hetero) is 1. The Bertz CT molecular complexity index is 932. The number of aliphatic carboxylic acids is 1. The standard InChI is InChI=1S/C23H26FNO5/c1-14-17(7-4-8-20(14)24)21-18(22(27)15-5-3-6-16(26)11-15)12-25(9-10-30-2)13-19(21)23(28)29/h3-8,11,18-19,21,26H,9-10,12-13H2,1-2H3,(H,28,29)/t18-,19-,21-/m0/s1. The Morgan fingerprint density at radius 2 is 1.87 bits per heavy atom. The summed E-state index contributed by atoms with van der Waals surface area (Å²) in [6, 6.07) is 10.6. The molecule has 1 saturated heterocycles. The molecule has 0 spiro atoms. The third kappa shape index (κ3) is 4.52. The zero-order valence-electron chi connectivity index (χ0n) is 17.0. The first-order chi connectivity index (χ1) is 14.3. The van der Waals surface area contributed by atoms with Gasteiger partial charge in [0, 0.05) is 44.1 Å². The number of benzene rings is 2. The molecule has 0 unspecified atom stereocenters. The molecule has 2 N–H and O–H groups in total. The van der Waals surface area contributed by atoms with Gasteiger partial charge >= 0.3 is 5.97 Å². The molecule has 1 aliphatic heterocycles. The predicted molar refractivity (Wildman–Crippen MR) is 109 cm³/mol. The van der Waals surface area contributed by atoms with E-state index in [0.717, 1.165) is 0 Å². The molecule has 1 fully saturated rings. The molecule has 3 atom stereocenters. The van der Waals surface area contributed by atoms with Crippen LogP contribution in [0.1, 0.15) is 27.4 Å². The van der Waals surface area contributed by atoms with Crippen LogP contribution in [-0.4, -0.2) is 60.2 Å². The summed E-state index contributed by atoms with van der Waals surface area (Å²) in [5.74, 6) is -4.05. The van der Waals surface area contributed by atoms with Gasteiger partial charge in [0.25, 0.3) is 0 Å². The first kappa shape index (κ1) is 21.9. The van der Waals surface area contributed by atoms with Crippen molar-refractivity contribution >= 4 is 11.8 Å². The van der Waals surface area contributed by atoms with Crippen molar-refractivity contribution in [2.75, 3.05) is 33.4 Å². The van der Waals surface area contributed by atoms with Crippen molar-refractivity contribution in [3.63, 3.8) is 0 Å². The number of hydrogen-bond acceptors (Lipinski definition) is 5. The van der Waals surface area contributed by atoms with Crippen molar-refractivity contribution < 1.29 is 28.9 Å². The lowest BCUT2D eigenvalue weighted by Crippen LogP contribution is -2.51. The van der Waals surface area contributed by atoms with Crippen molar-refractivity contribution in [3.8, 4) is 5.75 Å². The Morgan fingerprint density at radius 1 is 1.17 bits per heavy atom. The molecule has 1 aliphatic rings. The van der Waals surface area contributed by atoms with E-state index in [4.69, 9.17) is 4.74 Å². The highest BCUT2D eigenvalue weighted by Gasteiger charge is 2.45.